The van der Waals surface area contributed by atoms with Crippen LogP contribution in [0, 0.1) is 0 Å². The third kappa shape index (κ3) is 4.58. The van der Waals surface area contributed by atoms with Crippen molar-refractivity contribution in [2.75, 3.05) is 26.2 Å². The molecule has 0 amide bonds. The van der Waals surface area contributed by atoms with E-state index in [1.165, 1.54) is 25.7 Å². The molecule has 1 aromatic rings. The monoisotopic (exact) mass is 276 g/mol. The molecule has 0 radical (unpaired) electrons. The number of hydrogen-bond acceptors (Lipinski definition) is 3. The predicted molar refractivity (Wildman–Crippen MR) is 83.8 cm³/mol. The Kier molecular flexibility index (Phi) is 6.51. The minimum atomic E-state index is -0.372. The maximum Gasteiger partial charge on any atom is 0.0917 e. The van der Waals surface area contributed by atoms with Gasteiger partial charge in [-0.05, 0) is 12.0 Å². The Morgan fingerprint density at radius 2 is 2.10 bits per heavy atom. The second-order valence-electron chi connectivity index (χ2n) is 5.78. The highest BCUT2D eigenvalue weighted by atomic mass is 16.3. The van der Waals surface area contributed by atoms with Crippen molar-refractivity contribution >= 4 is 0 Å². The zero-order valence-electron chi connectivity index (χ0n) is 12.6. The Morgan fingerprint density at radius 1 is 1.30 bits per heavy atom. The minimum absolute atomic E-state index is 0.372. The fourth-order valence-electron chi connectivity index (χ4n) is 2.96. The van der Waals surface area contributed by atoms with Gasteiger partial charge in [0.05, 0.1) is 6.10 Å². The van der Waals surface area contributed by atoms with E-state index in [-0.39, 0.29) is 6.10 Å². The van der Waals surface area contributed by atoms with Crippen LogP contribution in [-0.4, -0.2) is 42.2 Å². The number of nitrogens with one attached hydrogen (secondary N) is 1. The van der Waals surface area contributed by atoms with Crippen LogP contribution < -0.4 is 5.32 Å². The summed E-state index contributed by atoms with van der Waals surface area (Å²) in [6.07, 6.45) is 4.74. The summed E-state index contributed by atoms with van der Waals surface area (Å²) in [6, 6.07) is 10.6. The summed E-state index contributed by atoms with van der Waals surface area (Å²) in [5, 5.41) is 13.9. The maximum atomic E-state index is 10.4. The fraction of sp³-hybridized carbons (Fsp3) is 0.647. The van der Waals surface area contributed by atoms with E-state index in [0.29, 0.717) is 6.04 Å². The molecule has 0 spiro atoms. The largest absolute Gasteiger partial charge is 0.387 e. The first-order valence-corrected chi connectivity index (χ1v) is 7.99. The average Bonchev–Trinajstić information content (AvgIpc) is 2.50. The molecule has 2 atom stereocenters. The predicted octanol–water partition coefficient (Wildman–Crippen LogP) is 2.57. The first kappa shape index (κ1) is 15.5. The summed E-state index contributed by atoms with van der Waals surface area (Å²) in [6.45, 7) is 6.14. The minimum Gasteiger partial charge on any atom is -0.387 e. The lowest BCUT2D eigenvalue weighted by molar-refractivity contribution is 0.0695. The van der Waals surface area contributed by atoms with Crippen LogP contribution in [0.4, 0.5) is 0 Å². The number of nitrogens with zero attached hydrogens (tertiary/aromatic N) is 1. The first-order valence-electron chi connectivity index (χ1n) is 7.99. The van der Waals surface area contributed by atoms with E-state index < -0.39 is 0 Å². The van der Waals surface area contributed by atoms with Gasteiger partial charge in [0, 0.05) is 32.2 Å². The summed E-state index contributed by atoms with van der Waals surface area (Å²) in [5.41, 5.74) is 1.03. The molecule has 3 nitrogen and oxygen atoms in total. The van der Waals surface area contributed by atoms with E-state index in [1.807, 2.05) is 30.3 Å². The summed E-state index contributed by atoms with van der Waals surface area (Å²) in [5.74, 6) is 0. The first-order chi connectivity index (χ1) is 9.81. The molecule has 1 aromatic carbocycles. The van der Waals surface area contributed by atoms with E-state index in [9.17, 15) is 5.11 Å². The van der Waals surface area contributed by atoms with Crippen molar-refractivity contribution in [2.24, 2.45) is 0 Å². The fourth-order valence-corrected chi connectivity index (χ4v) is 2.96. The molecule has 3 heteroatoms. The van der Waals surface area contributed by atoms with Gasteiger partial charge in [-0.2, -0.15) is 0 Å². The zero-order chi connectivity index (χ0) is 14.2. The SMILES string of the molecule is CCCCCC1CNCCN1CC(O)c1ccccc1. The van der Waals surface area contributed by atoms with Gasteiger partial charge in [-0.3, -0.25) is 4.90 Å². The highest BCUT2D eigenvalue weighted by molar-refractivity contribution is 5.17. The molecular weight excluding hydrogens is 248 g/mol. The van der Waals surface area contributed by atoms with Crippen molar-refractivity contribution in [1.29, 1.82) is 0 Å². The van der Waals surface area contributed by atoms with Gasteiger partial charge in [0.2, 0.25) is 0 Å². The molecule has 112 valence electrons. The van der Waals surface area contributed by atoms with Crippen LogP contribution in [0.5, 0.6) is 0 Å². The van der Waals surface area contributed by atoms with Gasteiger partial charge in [-0.25, -0.2) is 0 Å². The highest BCUT2D eigenvalue weighted by Gasteiger charge is 2.24. The quantitative estimate of drug-likeness (QED) is 0.751. The van der Waals surface area contributed by atoms with Gasteiger partial charge >= 0.3 is 0 Å². The summed E-state index contributed by atoms with van der Waals surface area (Å²) in [7, 11) is 0. The van der Waals surface area contributed by atoms with E-state index in [4.69, 9.17) is 0 Å². The van der Waals surface area contributed by atoms with Crippen LogP contribution >= 0.6 is 0 Å². The topological polar surface area (TPSA) is 35.5 Å². The molecule has 2 rings (SSSR count). The van der Waals surface area contributed by atoms with Crippen molar-refractivity contribution in [2.45, 2.75) is 44.8 Å². The van der Waals surface area contributed by atoms with Gasteiger partial charge in [0.15, 0.2) is 0 Å². The average molecular weight is 276 g/mol. The molecule has 0 saturated carbocycles. The van der Waals surface area contributed by atoms with Crippen molar-refractivity contribution < 1.29 is 5.11 Å². The normalized spacial score (nSPS) is 21.8. The molecule has 2 unspecified atom stereocenters. The Morgan fingerprint density at radius 3 is 2.85 bits per heavy atom. The lowest BCUT2D eigenvalue weighted by Gasteiger charge is -2.37. The number of unbranched alkanes of at least 4 members (excludes halogenated alkanes) is 2. The van der Waals surface area contributed by atoms with E-state index in [1.54, 1.807) is 0 Å². The molecule has 2 N–H and O–H groups in total. The Labute approximate surface area is 123 Å². The Bertz CT molecular complexity index is 369. The number of β-amino-alcohol motifs (C(OH)–C–C–N with tert-alkyl or cyclic N) is 1. The maximum absolute atomic E-state index is 10.4. The molecule has 20 heavy (non-hydrogen) atoms. The molecule has 0 aromatic heterocycles. The van der Waals surface area contributed by atoms with Crippen LogP contribution in [0.25, 0.3) is 0 Å². The van der Waals surface area contributed by atoms with E-state index in [2.05, 4.69) is 17.1 Å². The van der Waals surface area contributed by atoms with Crippen LogP contribution in [0.15, 0.2) is 30.3 Å². The van der Waals surface area contributed by atoms with Crippen molar-refractivity contribution in [3.8, 4) is 0 Å². The molecular formula is C17H28N2O. The lowest BCUT2D eigenvalue weighted by atomic mass is 10.0. The summed E-state index contributed by atoms with van der Waals surface area (Å²) in [4.78, 5) is 2.46. The molecule has 1 aliphatic heterocycles. The zero-order valence-corrected chi connectivity index (χ0v) is 12.6. The molecule has 1 heterocycles. The molecule has 1 saturated heterocycles. The number of hydrogen-bond donors (Lipinski definition) is 2. The summed E-state index contributed by atoms with van der Waals surface area (Å²) < 4.78 is 0. The van der Waals surface area contributed by atoms with Crippen molar-refractivity contribution in [1.82, 2.24) is 10.2 Å². The van der Waals surface area contributed by atoms with Crippen LogP contribution in [0.2, 0.25) is 0 Å². The number of piperazine rings is 1. The van der Waals surface area contributed by atoms with Gasteiger partial charge in [-0.15, -0.1) is 0 Å². The lowest BCUT2D eigenvalue weighted by Crippen LogP contribution is -2.52. The second kappa shape index (κ2) is 8.40. The van der Waals surface area contributed by atoms with Gasteiger partial charge in [0.1, 0.15) is 0 Å². The third-order valence-corrected chi connectivity index (χ3v) is 4.20. The van der Waals surface area contributed by atoms with Crippen LogP contribution in [0.1, 0.15) is 44.3 Å². The van der Waals surface area contributed by atoms with Crippen LogP contribution in [-0.2, 0) is 0 Å². The third-order valence-electron chi connectivity index (χ3n) is 4.20. The summed E-state index contributed by atoms with van der Waals surface area (Å²) >= 11 is 0. The van der Waals surface area contributed by atoms with Crippen molar-refractivity contribution in [3.05, 3.63) is 35.9 Å². The van der Waals surface area contributed by atoms with E-state index >= 15 is 0 Å². The number of aliphatic hydroxyl groups is 1. The molecule has 1 aliphatic rings. The van der Waals surface area contributed by atoms with Crippen LogP contribution in [0.3, 0.4) is 0 Å². The molecule has 0 bridgehead atoms. The van der Waals surface area contributed by atoms with Gasteiger partial charge in [-0.1, -0.05) is 56.5 Å². The highest BCUT2D eigenvalue weighted by Crippen LogP contribution is 2.18. The van der Waals surface area contributed by atoms with E-state index in [0.717, 1.165) is 31.7 Å². The Hall–Kier alpha value is -0.900. The van der Waals surface area contributed by atoms with Gasteiger partial charge in [0.25, 0.3) is 0 Å². The number of rotatable bonds is 7. The Balaban J connectivity index is 1.87. The standard InChI is InChI=1S/C17H28N2O/c1-2-3-5-10-16-13-18-11-12-19(16)14-17(20)15-8-6-4-7-9-15/h4,6-9,16-18,20H,2-3,5,10-14H2,1H3. The molecule has 1 fully saturated rings. The number of benzene rings is 1. The molecule has 0 aliphatic carbocycles. The van der Waals surface area contributed by atoms with Crippen molar-refractivity contribution in [3.63, 3.8) is 0 Å². The smallest absolute Gasteiger partial charge is 0.0917 e. The second-order valence-corrected chi connectivity index (χ2v) is 5.78. The van der Waals surface area contributed by atoms with Gasteiger partial charge < -0.3 is 10.4 Å². The number of aliphatic hydroxyl groups excluding tert-OH is 1.